The molecule has 1 aliphatic heterocycles. The minimum absolute atomic E-state index is 0.406. The average molecular weight is 523 g/mol. The van der Waals surface area contributed by atoms with Crippen molar-refractivity contribution in [3.05, 3.63) is 57.6 Å². The number of nitrogens with zero attached hydrogens (tertiary/aromatic N) is 3. The lowest BCUT2D eigenvalue weighted by molar-refractivity contribution is 0.157. The van der Waals surface area contributed by atoms with Crippen LogP contribution in [0.5, 0.6) is 11.5 Å². The molecule has 0 aromatic heterocycles. The van der Waals surface area contributed by atoms with Crippen LogP contribution in [0.15, 0.2) is 36.4 Å². The number of methoxy groups -OCH3 is 2. The van der Waals surface area contributed by atoms with E-state index < -0.39 is 0 Å². The topological polar surface area (TPSA) is 60.8 Å². The maximum absolute atomic E-state index is 9.79. The smallest absolute Gasteiger partial charge is 0.139 e. The fourth-order valence-electron chi connectivity index (χ4n) is 4.21. The molecule has 1 aliphatic rings. The number of likely N-dealkylation sites (N-methyl/N-ethyl adjacent to an activating group) is 1. The molecule has 0 spiro atoms. The summed E-state index contributed by atoms with van der Waals surface area (Å²) >= 11 is 12.6. The van der Waals surface area contributed by atoms with E-state index in [9.17, 15) is 5.26 Å². The van der Waals surface area contributed by atoms with E-state index in [1.54, 1.807) is 25.3 Å². The van der Waals surface area contributed by atoms with Crippen molar-refractivity contribution in [3.63, 3.8) is 0 Å². The van der Waals surface area contributed by atoms with Crippen molar-refractivity contribution >= 4 is 45.3 Å². The zero-order valence-electron chi connectivity index (χ0n) is 20.6. The normalized spacial score (nSPS) is 14.1. The van der Waals surface area contributed by atoms with Crippen LogP contribution < -0.4 is 14.8 Å². The number of anilines is 2. The maximum atomic E-state index is 9.79. The van der Waals surface area contributed by atoms with E-state index in [1.807, 2.05) is 18.2 Å². The number of ether oxygens (including phenoxy) is 2. The second kappa shape index (κ2) is 11.7. The van der Waals surface area contributed by atoms with Crippen molar-refractivity contribution in [2.45, 2.75) is 6.42 Å². The van der Waals surface area contributed by atoms with Crippen LogP contribution in [0.2, 0.25) is 10.0 Å². The highest BCUT2D eigenvalue weighted by atomic mass is 35.5. The van der Waals surface area contributed by atoms with E-state index in [2.05, 4.69) is 40.1 Å². The molecule has 3 aromatic carbocycles. The summed E-state index contributed by atoms with van der Waals surface area (Å²) in [6.07, 6.45) is 0.794. The predicted octanol–water partition coefficient (Wildman–Crippen LogP) is 5.77. The van der Waals surface area contributed by atoms with Crippen LogP contribution in [-0.2, 0) is 0 Å². The van der Waals surface area contributed by atoms with E-state index in [1.165, 1.54) is 7.11 Å². The third-order valence-electron chi connectivity index (χ3n) is 6.33. The van der Waals surface area contributed by atoms with Gasteiger partial charge in [0, 0.05) is 50.6 Å². The number of hydrogen-bond acceptors (Lipinski definition) is 6. The van der Waals surface area contributed by atoms with Crippen molar-refractivity contribution in [1.29, 1.82) is 5.26 Å². The molecule has 186 valence electrons. The van der Waals surface area contributed by atoms with Crippen LogP contribution in [-0.4, -0.2) is 63.8 Å². The molecule has 0 radical (unpaired) electrons. The van der Waals surface area contributed by atoms with Gasteiger partial charge in [-0.25, -0.2) is 0 Å². The van der Waals surface area contributed by atoms with Crippen LogP contribution >= 0.6 is 23.2 Å². The summed E-state index contributed by atoms with van der Waals surface area (Å²) in [5.41, 5.74) is 2.48. The molecule has 36 heavy (non-hydrogen) atoms. The van der Waals surface area contributed by atoms with E-state index in [4.69, 9.17) is 32.7 Å². The van der Waals surface area contributed by atoms with E-state index in [0.29, 0.717) is 38.5 Å². The Bertz CT molecular complexity index is 1370. The molecule has 0 saturated carbocycles. The van der Waals surface area contributed by atoms with Gasteiger partial charge in [-0.3, -0.25) is 4.90 Å². The highest BCUT2D eigenvalue weighted by molar-refractivity contribution is 6.37. The average Bonchev–Trinajstić information content (AvgIpc) is 2.88. The summed E-state index contributed by atoms with van der Waals surface area (Å²) in [6, 6.07) is 13.2. The van der Waals surface area contributed by atoms with Gasteiger partial charge in [-0.2, -0.15) is 5.26 Å². The first-order valence-electron chi connectivity index (χ1n) is 11.7. The molecule has 1 N–H and O–H groups in total. The van der Waals surface area contributed by atoms with Crippen LogP contribution in [0.1, 0.15) is 17.5 Å². The minimum atomic E-state index is 0.406. The number of fused-ring (bicyclic) bond motifs is 1. The van der Waals surface area contributed by atoms with Crippen molar-refractivity contribution in [1.82, 2.24) is 9.80 Å². The summed E-state index contributed by atoms with van der Waals surface area (Å²) in [6.45, 7) is 5.32. The molecule has 0 aliphatic carbocycles. The van der Waals surface area contributed by atoms with Crippen LogP contribution in [0.4, 0.5) is 11.4 Å². The van der Waals surface area contributed by atoms with Crippen molar-refractivity contribution in [3.8, 4) is 29.4 Å². The van der Waals surface area contributed by atoms with Crippen LogP contribution in [0.25, 0.3) is 10.8 Å². The standard InChI is InChI=1S/C28H28Cl2N4O2/c1-33-10-12-34(13-11-33)9-5-4-6-20-14-19-7-8-21(18-31)28(22(19)15-26(20)35-2)32-25-17-27(36-3)24(30)16-23(25)29/h7-8,14-17,32H,5,9-13H2,1-3H3. The summed E-state index contributed by atoms with van der Waals surface area (Å²) < 4.78 is 11.0. The highest BCUT2D eigenvalue weighted by Gasteiger charge is 2.15. The van der Waals surface area contributed by atoms with Gasteiger partial charge in [0.05, 0.1) is 46.8 Å². The number of hydrogen-bond donors (Lipinski definition) is 1. The van der Waals surface area contributed by atoms with Gasteiger partial charge in [0.15, 0.2) is 0 Å². The number of nitriles is 1. The van der Waals surface area contributed by atoms with Crippen molar-refractivity contribution < 1.29 is 9.47 Å². The zero-order valence-corrected chi connectivity index (χ0v) is 22.1. The Morgan fingerprint density at radius 3 is 2.39 bits per heavy atom. The Kier molecular flexibility index (Phi) is 8.46. The summed E-state index contributed by atoms with van der Waals surface area (Å²) in [7, 11) is 5.32. The molecule has 4 rings (SSSR count). The fourth-order valence-corrected chi connectivity index (χ4v) is 4.71. The minimum Gasteiger partial charge on any atom is -0.495 e. The van der Waals surface area contributed by atoms with Gasteiger partial charge in [0.25, 0.3) is 0 Å². The third-order valence-corrected chi connectivity index (χ3v) is 6.94. The number of halogens is 2. The van der Waals surface area contributed by atoms with Gasteiger partial charge in [0.2, 0.25) is 0 Å². The molecule has 1 fully saturated rings. The Labute approximate surface area is 222 Å². The molecule has 0 atom stereocenters. The number of benzene rings is 3. The summed E-state index contributed by atoms with van der Waals surface area (Å²) in [5, 5.41) is 15.7. The lowest BCUT2D eigenvalue weighted by atomic mass is 10.0. The molecule has 0 bridgehead atoms. The first-order chi connectivity index (χ1) is 17.4. The lowest BCUT2D eigenvalue weighted by Gasteiger charge is -2.31. The maximum Gasteiger partial charge on any atom is 0.139 e. The first-order valence-corrected chi connectivity index (χ1v) is 12.4. The highest BCUT2D eigenvalue weighted by Crippen LogP contribution is 2.39. The van der Waals surface area contributed by atoms with Crippen LogP contribution in [0, 0.1) is 23.2 Å². The summed E-state index contributed by atoms with van der Waals surface area (Å²) in [5.74, 6) is 7.71. The lowest BCUT2D eigenvalue weighted by Crippen LogP contribution is -2.44. The summed E-state index contributed by atoms with van der Waals surface area (Å²) in [4.78, 5) is 4.80. The molecule has 6 nitrogen and oxygen atoms in total. The Balaban J connectivity index is 1.65. The SMILES string of the molecule is COc1cc(Nc2c(C#N)ccc3cc(C#CCCN4CCN(C)CC4)c(OC)cc23)c(Cl)cc1Cl. The molecule has 8 heteroatoms. The van der Waals surface area contributed by atoms with Crippen LogP contribution in [0.3, 0.4) is 0 Å². The molecule has 1 saturated heterocycles. The molecular formula is C28H28Cl2N4O2. The van der Waals surface area contributed by atoms with Crippen molar-refractivity contribution in [2.24, 2.45) is 0 Å². The van der Waals surface area contributed by atoms with E-state index in [0.717, 1.165) is 55.5 Å². The fraction of sp³-hybridized carbons (Fsp3) is 0.321. The molecule has 3 aromatic rings. The largest absolute Gasteiger partial charge is 0.495 e. The van der Waals surface area contributed by atoms with Gasteiger partial charge in [0.1, 0.15) is 17.6 Å². The van der Waals surface area contributed by atoms with Gasteiger partial charge in [-0.1, -0.05) is 41.1 Å². The molecule has 1 heterocycles. The molecule has 0 amide bonds. The van der Waals surface area contributed by atoms with Gasteiger partial charge in [-0.15, -0.1) is 0 Å². The number of rotatable bonds is 6. The first kappa shape index (κ1) is 25.9. The molecular weight excluding hydrogens is 495 g/mol. The Morgan fingerprint density at radius 2 is 1.69 bits per heavy atom. The quantitative estimate of drug-likeness (QED) is 0.414. The van der Waals surface area contributed by atoms with Gasteiger partial charge < -0.3 is 19.7 Å². The number of piperazine rings is 1. The zero-order chi connectivity index (χ0) is 25.7. The van der Waals surface area contributed by atoms with Crippen molar-refractivity contribution in [2.75, 3.05) is 59.3 Å². The van der Waals surface area contributed by atoms with E-state index >= 15 is 0 Å². The second-order valence-electron chi connectivity index (χ2n) is 8.66. The van der Waals surface area contributed by atoms with Gasteiger partial charge >= 0.3 is 0 Å². The second-order valence-corrected chi connectivity index (χ2v) is 9.48. The number of nitrogens with one attached hydrogen (secondary N) is 1. The third kappa shape index (κ3) is 5.81. The Morgan fingerprint density at radius 1 is 0.944 bits per heavy atom. The molecule has 0 unspecified atom stereocenters. The monoisotopic (exact) mass is 522 g/mol. The Hall–Kier alpha value is -3.13. The van der Waals surface area contributed by atoms with E-state index in [-0.39, 0.29) is 0 Å². The predicted molar refractivity (Wildman–Crippen MR) is 147 cm³/mol. The van der Waals surface area contributed by atoms with Gasteiger partial charge in [-0.05, 0) is 36.7 Å².